The van der Waals surface area contributed by atoms with Crippen molar-refractivity contribution >= 4 is 11.7 Å². The van der Waals surface area contributed by atoms with Crippen LogP contribution in [0.4, 0.5) is 14.5 Å². The fourth-order valence-corrected chi connectivity index (χ4v) is 2.75. The molecule has 0 atom stereocenters. The molecule has 2 rings (SSSR count). The molecule has 0 unspecified atom stereocenters. The summed E-state index contributed by atoms with van der Waals surface area (Å²) >= 11 is 0. The zero-order chi connectivity index (χ0) is 15.5. The number of methoxy groups -OCH3 is 1. The Morgan fingerprint density at radius 1 is 1.33 bits per heavy atom. The molecule has 0 radical (unpaired) electrons. The maximum absolute atomic E-state index is 14.0. The molecule has 1 aliphatic rings. The van der Waals surface area contributed by atoms with Gasteiger partial charge in [-0.3, -0.25) is 0 Å². The quantitative estimate of drug-likeness (QED) is 0.821. The fourth-order valence-electron chi connectivity index (χ4n) is 2.75. The fraction of sp³-hybridized carbons (Fsp3) is 0.533. The third-order valence-corrected chi connectivity index (χ3v) is 4.14. The Labute approximate surface area is 122 Å². The van der Waals surface area contributed by atoms with Gasteiger partial charge in [-0.05, 0) is 25.0 Å². The second kappa shape index (κ2) is 6.39. The van der Waals surface area contributed by atoms with E-state index in [1.54, 1.807) is 0 Å². The second-order valence-electron chi connectivity index (χ2n) is 5.50. The molecular formula is C15H19F2NO3. The van der Waals surface area contributed by atoms with Gasteiger partial charge in [0.05, 0.1) is 25.0 Å². The van der Waals surface area contributed by atoms with E-state index in [2.05, 4.69) is 10.1 Å². The second-order valence-corrected chi connectivity index (χ2v) is 5.50. The maximum atomic E-state index is 14.0. The molecule has 1 aromatic carbocycles. The van der Waals surface area contributed by atoms with E-state index in [0.29, 0.717) is 6.54 Å². The Kier molecular flexibility index (Phi) is 4.77. The molecule has 2 N–H and O–H groups in total. The van der Waals surface area contributed by atoms with Crippen LogP contribution < -0.4 is 5.32 Å². The highest BCUT2D eigenvalue weighted by molar-refractivity contribution is 5.90. The number of nitrogens with one attached hydrogen (secondary N) is 1. The first-order valence-corrected chi connectivity index (χ1v) is 6.94. The van der Waals surface area contributed by atoms with Crippen molar-refractivity contribution in [3.8, 4) is 0 Å². The summed E-state index contributed by atoms with van der Waals surface area (Å²) in [6, 6.07) is 2.50. The average Bonchev–Trinajstić information content (AvgIpc) is 2.97. The number of aliphatic hydroxyl groups is 1. The molecule has 6 heteroatoms. The van der Waals surface area contributed by atoms with Crippen molar-refractivity contribution in [2.75, 3.05) is 25.6 Å². The van der Waals surface area contributed by atoms with Crippen LogP contribution in [0.2, 0.25) is 0 Å². The van der Waals surface area contributed by atoms with Gasteiger partial charge in [-0.2, -0.15) is 0 Å². The monoisotopic (exact) mass is 299 g/mol. The third kappa shape index (κ3) is 3.15. The molecule has 1 fully saturated rings. The summed E-state index contributed by atoms with van der Waals surface area (Å²) in [6.45, 7) is 0.391. The molecule has 0 bridgehead atoms. The summed E-state index contributed by atoms with van der Waals surface area (Å²) in [5, 5.41) is 12.3. The lowest BCUT2D eigenvalue weighted by atomic mass is 9.87. The van der Waals surface area contributed by atoms with Gasteiger partial charge in [0.1, 0.15) is 0 Å². The lowest BCUT2D eigenvalue weighted by molar-refractivity contribution is 0.0594. The lowest BCUT2D eigenvalue weighted by Gasteiger charge is -2.27. The summed E-state index contributed by atoms with van der Waals surface area (Å²) in [5.41, 5.74) is -0.720. The normalized spacial score (nSPS) is 16.8. The Bertz CT molecular complexity index is 528. The van der Waals surface area contributed by atoms with E-state index in [-0.39, 0.29) is 17.7 Å². The van der Waals surface area contributed by atoms with Crippen molar-refractivity contribution in [2.24, 2.45) is 5.41 Å². The van der Waals surface area contributed by atoms with Crippen LogP contribution in [0.25, 0.3) is 0 Å². The number of anilines is 1. The number of benzene rings is 1. The number of halogens is 2. The number of hydrogen-bond donors (Lipinski definition) is 2. The van der Waals surface area contributed by atoms with Crippen LogP contribution in [0.1, 0.15) is 36.0 Å². The summed E-state index contributed by atoms with van der Waals surface area (Å²) < 4.78 is 32.2. The van der Waals surface area contributed by atoms with Crippen LogP contribution in [-0.2, 0) is 4.74 Å². The van der Waals surface area contributed by atoms with Crippen LogP contribution in [0, 0.1) is 17.0 Å². The molecular weight excluding hydrogens is 280 g/mol. The highest BCUT2D eigenvalue weighted by atomic mass is 19.2. The molecule has 1 saturated carbocycles. The van der Waals surface area contributed by atoms with Crippen molar-refractivity contribution in [2.45, 2.75) is 25.7 Å². The van der Waals surface area contributed by atoms with Crippen molar-refractivity contribution < 1.29 is 23.4 Å². The first-order valence-electron chi connectivity index (χ1n) is 6.94. The molecule has 21 heavy (non-hydrogen) atoms. The molecule has 4 nitrogen and oxygen atoms in total. The molecule has 116 valence electrons. The predicted octanol–water partition coefficient (Wildman–Crippen LogP) is 2.72. The zero-order valence-corrected chi connectivity index (χ0v) is 11.9. The molecule has 0 aliphatic heterocycles. The van der Waals surface area contributed by atoms with E-state index in [4.69, 9.17) is 0 Å². The first-order chi connectivity index (χ1) is 10.0. The Morgan fingerprint density at radius 3 is 2.57 bits per heavy atom. The Morgan fingerprint density at radius 2 is 2.00 bits per heavy atom. The van der Waals surface area contributed by atoms with Gasteiger partial charge in [-0.15, -0.1) is 0 Å². The largest absolute Gasteiger partial charge is 0.465 e. The molecule has 0 spiro atoms. The van der Waals surface area contributed by atoms with E-state index in [9.17, 15) is 18.7 Å². The maximum Gasteiger partial charge on any atom is 0.340 e. The number of ether oxygens (including phenoxy) is 1. The van der Waals surface area contributed by atoms with E-state index < -0.39 is 23.2 Å². The average molecular weight is 299 g/mol. The van der Waals surface area contributed by atoms with Crippen molar-refractivity contribution in [3.05, 3.63) is 29.3 Å². The summed E-state index contributed by atoms with van der Waals surface area (Å²) in [7, 11) is 1.11. The van der Waals surface area contributed by atoms with Crippen LogP contribution >= 0.6 is 0 Å². The van der Waals surface area contributed by atoms with Gasteiger partial charge in [0.15, 0.2) is 11.6 Å². The smallest absolute Gasteiger partial charge is 0.340 e. The summed E-state index contributed by atoms with van der Waals surface area (Å²) in [4.78, 5) is 11.3. The number of rotatable bonds is 5. The number of hydrogen-bond acceptors (Lipinski definition) is 4. The molecule has 0 aromatic heterocycles. The van der Waals surface area contributed by atoms with E-state index in [0.717, 1.165) is 32.8 Å². The summed E-state index contributed by atoms with van der Waals surface area (Å²) in [5.74, 6) is -3.25. The lowest BCUT2D eigenvalue weighted by Crippen LogP contribution is -2.30. The third-order valence-electron chi connectivity index (χ3n) is 4.14. The van der Waals surface area contributed by atoms with Crippen LogP contribution in [0.3, 0.4) is 0 Å². The van der Waals surface area contributed by atoms with Crippen molar-refractivity contribution in [1.29, 1.82) is 0 Å². The highest BCUT2D eigenvalue weighted by Crippen LogP contribution is 2.38. The number of carbonyl (C=O) groups is 1. The molecule has 0 saturated heterocycles. The predicted molar refractivity (Wildman–Crippen MR) is 74.2 cm³/mol. The van der Waals surface area contributed by atoms with Gasteiger partial charge < -0.3 is 15.2 Å². The Hall–Kier alpha value is -1.69. The van der Waals surface area contributed by atoms with Crippen LogP contribution in [0.15, 0.2) is 12.1 Å². The van der Waals surface area contributed by atoms with Crippen LogP contribution in [-0.4, -0.2) is 31.3 Å². The van der Waals surface area contributed by atoms with E-state index >= 15 is 0 Å². The van der Waals surface area contributed by atoms with Crippen LogP contribution in [0.5, 0.6) is 0 Å². The molecule has 0 amide bonds. The number of aliphatic hydroxyl groups excluding tert-OH is 1. The first kappa shape index (κ1) is 15.7. The van der Waals surface area contributed by atoms with Gasteiger partial charge >= 0.3 is 5.97 Å². The number of esters is 1. The zero-order valence-electron chi connectivity index (χ0n) is 11.9. The standard InChI is InChI=1S/C15H19F2NO3/c1-21-14(20)10-4-5-11(13(17)12(10)16)18-8-15(9-19)6-2-3-7-15/h4-5,18-19H,2-3,6-9H2,1H3. The minimum Gasteiger partial charge on any atom is -0.465 e. The summed E-state index contributed by atoms with van der Waals surface area (Å²) in [6.07, 6.45) is 3.78. The Balaban J connectivity index is 2.14. The van der Waals surface area contributed by atoms with Gasteiger partial charge in [0.25, 0.3) is 0 Å². The van der Waals surface area contributed by atoms with Gasteiger partial charge in [0.2, 0.25) is 0 Å². The minimum atomic E-state index is -1.23. The molecule has 1 aliphatic carbocycles. The van der Waals surface area contributed by atoms with Gasteiger partial charge in [-0.1, -0.05) is 12.8 Å². The van der Waals surface area contributed by atoms with Gasteiger partial charge in [0, 0.05) is 12.0 Å². The highest BCUT2D eigenvalue weighted by Gasteiger charge is 2.33. The SMILES string of the molecule is COC(=O)c1ccc(NCC2(CO)CCCC2)c(F)c1F. The van der Waals surface area contributed by atoms with E-state index in [1.807, 2.05) is 0 Å². The van der Waals surface area contributed by atoms with Crippen molar-refractivity contribution in [1.82, 2.24) is 0 Å². The molecule has 0 heterocycles. The van der Waals surface area contributed by atoms with E-state index in [1.165, 1.54) is 12.1 Å². The van der Waals surface area contributed by atoms with Crippen molar-refractivity contribution in [3.63, 3.8) is 0 Å². The molecule has 1 aromatic rings. The topological polar surface area (TPSA) is 58.6 Å². The number of carbonyl (C=O) groups excluding carboxylic acids is 1. The van der Waals surface area contributed by atoms with Gasteiger partial charge in [-0.25, -0.2) is 13.6 Å². The minimum absolute atomic E-state index is 0.0140.